The van der Waals surface area contributed by atoms with Crippen LogP contribution in [0.25, 0.3) is 0 Å². The van der Waals surface area contributed by atoms with Crippen molar-refractivity contribution in [1.29, 1.82) is 0 Å². The quantitative estimate of drug-likeness (QED) is 0.338. The van der Waals surface area contributed by atoms with Crippen LogP contribution in [0.1, 0.15) is 13.3 Å². The van der Waals surface area contributed by atoms with Gasteiger partial charge in [-0.1, -0.05) is 11.6 Å². The molecular weight excluding hydrogens is 96.9 g/mol. The molecule has 0 saturated carbocycles. The molecule has 0 spiro atoms. The van der Waals surface area contributed by atoms with E-state index in [1.807, 2.05) is 0 Å². The Labute approximate surface area is 51.6 Å². The van der Waals surface area contributed by atoms with E-state index in [0.717, 1.165) is 6.54 Å². The van der Waals surface area contributed by atoms with Gasteiger partial charge in [-0.05, 0) is 25.8 Å². The van der Waals surface area contributed by atoms with Crippen LogP contribution in [0.5, 0.6) is 0 Å². The predicted octanol–water partition coefficient (Wildman–Crippen LogP) is -0.115. The zero-order valence-corrected chi connectivity index (χ0v) is 5.57. The molecule has 1 N–H and O–H groups in total. The van der Waals surface area contributed by atoms with E-state index in [-0.39, 0.29) is 0 Å². The van der Waals surface area contributed by atoms with E-state index in [1.165, 1.54) is 12.0 Å². The molecule has 0 saturated heterocycles. The molecule has 8 heavy (non-hydrogen) atoms. The highest BCUT2D eigenvalue weighted by molar-refractivity contribution is 6.13. The Morgan fingerprint density at radius 3 is 3.00 bits per heavy atom. The third kappa shape index (κ3) is 1.37. The Morgan fingerprint density at radius 2 is 2.62 bits per heavy atom. The van der Waals surface area contributed by atoms with Gasteiger partial charge in [-0.2, -0.15) is 0 Å². The first-order valence-electron chi connectivity index (χ1n) is 3.20. The molecule has 1 rings (SSSR count). The monoisotopic (exact) mass is 109 g/mol. The minimum Gasteiger partial charge on any atom is -0.318 e. The summed E-state index contributed by atoms with van der Waals surface area (Å²) in [7, 11) is 2.18. The molecular formula is C6H12BN. The molecule has 0 aromatic heterocycles. The van der Waals surface area contributed by atoms with E-state index in [0.29, 0.717) is 5.94 Å². The molecule has 0 aliphatic carbocycles. The van der Waals surface area contributed by atoms with Crippen molar-refractivity contribution in [3.05, 3.63) is 11.6 Å². The second-order valence-corrected chi connectivity index (χ2v) is 2.51. The highest BCUT2D eigenvalue weighted by atomic mass is 14.9. The Hall–Kier alpha value is -0.235. The summed E-state index contributed by atoms with van der Waals surface area (Å²) in [5.74, 6) is 0.601. The van der Waals surface area contributed by atoms with Crippen molar-refractivity contribution in [3.63, 3.8) is 0 Å². The molecule has 1 unspecified atom stereocenters. The third-order valence-electron chi connectivity index (χ3n) is 1.52. The SMILES string of the molecule is BC1C=C(C)CCN1. The summed E-state index contributed by atoms with van der Waals surface area (Å²) >= 11 is 0. The fourth-order valence-corrected chi connectivity index (χ4v) is 1.07. The Kier molecular flexibility index (Phi) is 1.74. The fraction of sp³-hybridized carbons (Fsp3) is 0.667. The topological polar surface area (TPSA) is 12.0 Å². The van der Waals surface area contributed by atoms with Gasteiger partial charge in [0.1, 0.15) is 7.85 Å². The van der Waals surface area contributed by atoms with Gasteiger partial charge >= 0.3 is 0 Å². The lowest BCUT2D eigenvalue weighted by atomic mass is 9.91. The van der Waals surface area contributed by atoms with Crippen LogP contribution >= 0.6 is 0 Å². The molecule has 0 aromatic rings. The molecule has 44 valence electrons. The van der Waals surface area contributed by atoms with Gasteiger partial charge in [0.05, 0.1) is 0 Å². The van der Waals surface area contributed by atoms with Crippen LogP contribution in [0.4, 0.5) is 0 Å². The van der Waals surface area contributed by atoms with Crippen molar-refractivity contribution in [2.24, 2.45) is 0 Å². The summed E-state index contributed by atoms with van der Waals surface area (Å²) in [6.07, 6.45) is 3.51. The van der Waals surface area contributed by atoms with Crippen LogP contribution in [0, 0.1) is 0 Å². The molecule has 0 fully saturated rings. The highest BCUT2D eigenvalue weighted by Gasteiger charge is 2.02. The summed E-state index contributed by atoms with van der Waals surface area (Å²) in [6.45, 7) is 3.35. The van der Waals surface area contributed by atoms with Gasteiger partial charge in [-0.25, -0.2) is 0 Å². The average molecular weight is 109 g/mol. The lowest BCUT2D eigenvalue weighted by Crippen LogP contribution is -2.31. The molecule has 1 heterocycles. The Balaban J connectivity index is 2.50. The van der Waals surface area contributed by atoms with Crippen molar-refractivity contribution in [3.8, 4) is 0 Å². The van der Waals surface area contributed by atoms with Gasteiger partial charge in [0.25, 0.3) is 0 Å². The van der Waals surface area contributed by atoms with Gasteiger partial charge in [0, 0.05) is 0 Å². The van der Waals surface area contributed by atoms with Crippen LogP contribution in [-0.4, -0.2) is 20.3 Å². The Bertz CT molecular complexity index is 109. The van der Waals surface area contributed by atoms with Gasteiger partial charge < -0.3 is 5.32 Å². The molecule has 0 aromatic carbocycles. The summed E-state index contributed by atoms with van der Waals surface area (Å²) in [4.78, 5) is 0. The largest absolute Gasteiger partial charge is 0.318 e. The fourth-order valence-electron chi connectivity index (χ4n) is 1.07. The second-order valence-electron chi connectivity index (χ2n) is 2.51. The molecule has 0 bridgehead atoms. The number of hydrogen-bond acceptors (Lipinski definition) is 1. The van der Waals surface area contributed by atoms with E-state index < -0.39 is 0 Å². The van der Waals surface area contributed by atoms with Gasteiger partial charge in [0.15, 0.2) is 0 Å². The smallest absolute Gasteiger partial charge is 0.128 e. The van der Waals surface area contributed by atoms with Crippen molar-refractivity contribution >= 4 is 7.85 Å². The molecule has 1 atom stereocenters. The molecule has 0 amide bonds. The lowest BCUT2D eigenvalue weighted by molar-refractivity contribution is 0.668. The van der Waals surface area contributed by atoms with E-state index in [4.69, 9.17) is 0 Å². The van der Waals surface area contributed by atoms with Gasteiger partial charge in [-0.3, -0.25) is 0 Å². The maximum absolute atomic E-state index is 3.34. The zero-order valence-electron chi connectivity index (χ0n) is 5.57. The standard InChI is InChI=1S/C6H12BN/c1-5-2-3-8-6(7)4-5/h4,6,8H,2-3,7H2,1H3. The first-order chi connectivity index (χ1) is 3.79. The van der Waals surface area contributed by atoms with E-state index in [1.54, 1.807) is 0 Å². The van der Waals surface area contributed by atoms with Gasteiger partial charge in [-0.15, -0.1) is 0 Å². The second kappa shape index (κ2) is 2.36. The van der Waals surface area contributed by atoms with Crippen molar-refractivity contribution in [2.75, 3.05) is 6.54 Å². The van der Waals surface area contributed by atoms with Crippen LogP contribution in [0.15, 0.2) is 11.6 Å². The van der Waals surface area contributed by atoms with Gasteiger partial charge in [0.2, 0.25) is 0 Å². The number of hydrogen-bond donors (Lipinski definition) is 1. The predicted molar refractivity (Wildman–Crippen MR) is 38.7 cm³/mol. The normalized spacial score (nSPS) is 29.6. The van der Waals surface area contributed by atoms with Crippen LogP contribution in [0.3, 0.4) is 0 Å². The molecule has 1 aliphatic heterocycles. The average Bonchev–Trinajstić information content (AvgIpc) is 1.64. The van der Waals surface area contributed by atoms with Crippen molar-refractivity contribution in [1.82, 2.24) is 5.32 Å². The summed E-state index contributed by atoms with van der Waals surface area (Å²) in [5.41, 5.74) is 1.52. The maximum atomic E-state index is 3.34. The summed E-state index contributed by atoms with van der Waals surface area (Å²) in [5, 5.41) is 3.34. The maximum Gasteiger partial charge on any atom is 0.128 e. The van der Waals surface area contributed by atoms with E-state index in [2.05, 4.69) is 26.2 Å². The molecule has 1 nitrogen and oxygen atoms in total. The molecule has 0 radical (unpaired) electrons. The summed E-state index contributed by atoms with van der Waals surface area (Å²) in [6, 6.07) is 0. The molecule has 1 aliphatic rings. The summed E-state index contributed by atoms with van der Waals surface area (Å²) < 4.78 is 0. The minimum absolute atomic E-state index is 0.601. The van der Waals surface area contributed by atoms with Crippen molar-refractivity contribution < 1.29 is 0 Å². The molecule has 2 heteroatoms. The van der Waals surface area contributed by atoms with Crippen LogP contribution in [0.2, 0.25) is 0 Å². The van der Waals surface area contributed by atoms with E-state index >= 15 is 0 Å². The third-order valence-corrected chi connectivity index (χ3v) is 1.52. The number of nitrogens with one attached hydrogen (secondary N) is 1. The lowest BCUT2D eigenvalue weighted by Gasteiger charge is -2.16. The first-order valence-corrected chi connectivity index (χ1v) is 3.20. The highest BCUT2D eigenvalue weighted by Crippen LogP contribution is 2.03. The minimum atomic E-state index is 0.601. The number of rotatable bonds is 0. The van der Waals surface area contributed by atoms with E-state index in [9.17, 15) is 0 Å². The zero-order chi connectivity index (χ0) is 5.98. The Morgan fingerprint density at radius 1 is 1.88 bits per heavy atom. The van der Waals surface area contributed by atoms with Crippen LogP contribution < -0.4 is 5.32 Å². The van der Waals surface area contributed by atoms with Crippen molar-refractivity contribution in [2.45, 2.75) is 19.3 Å². The van der Waals surface area contributed by atoms with Crippen LogP contribution in [-0.2, 0) is 0 Å². The first kappa shape index (κ1) is 5.89.